The molecule has 7 heteroatoms. The van der Waals surface area contributed by atoms with Crippen molar-refractivity contribution >= 4 is 34.4 Å². The Morgan fingerprint density at radius 1 is 1.00 bits per heavy atom. The molecular formula is C23H19F2NO4. The van der Waals surface area contributed by atoms with E-state index in [1.54, 1.807) is 13.2 Å². The number of anilines is 1. The molecule has 0 saturated carbocycles. The van der Waals surface area contributed by atoms with Crippen molar-refractivity contribution in [1.29, 1.82) is 0 Å². The first-order chi connectivity index (χ1) is 14.4. The van der Waals surface area contributed by atoms with Crippen LogP contribution in [-0.2, 0) is 14.3 Å². The Hall–Kier alpha value is -3.74. The number of halogens is 2. The van der Waals surface area contributed by atoms with E-state index >= 15 is 0 Å². The standard InChI is InChI=1S/C23H19F2NO4/c1-14(23(28)26-21-13-18(24)7-9-20(21)25)30-22(27)10-4-15-3-5-17-12-19(29-2)8-6-16(17)11-15/h3-14H,1-2H3,(H,26,28)/b10-4+/t14-/m1/s1. The molecule has 0 aliphatic heterocycles. The van der Waals surface area contributed by atoms with E-state index in [2.05, 4.69) is 5.32 Å². The second kappa shape index (κ2) is 9.17. The highest BCUT2D eigenvalue weighted by Crippen LogP contribution is 2.22. The number of carbonyl (C=O) groups excluding carboxylic acids is 2. The summed E-state index contributed by atoms with van der Waals surface area (Å²) >= 11 is 0. The molecule has 0 spiro atoms. The van der Waals surface area contributed by atoms with Crippen LogP contribution in [0.1, 0.15) is 12.5 Å². The van der Waals surface area contributed by atoms with Crippen LogP contribution in [-0.4, -0.2) is 25.1 Å². The molecule has 0 unspecified atom stereocenters. The number of fused-ring (bicyclic) bond motifs is 1. The second-order valence-electron chi connectivity index (χ2n) is 6.50. The number of amides is 1. The zero-order valence-electron chi connectivity index (χ0n) is 16.3. The van der Waals surface area contributed by atoms with Gasteiger partial charge in [-0.05, 0) is 59.7 Å². The van der Waals surface area contributed by atoms with Crippen molar-refractivity contribution in [2.75, 3.05) is 12.4 Å². The lowest BCUT2D eigenvalue weighted by Gasteiger charge is -2.13. The van der Waals surface area contributed by atoms with Gasteiger partial charge in [-0.25, -0.2) is 13.6 Å². The Bertz CT molecular complexity index is 1130. The van der Waals surface area contributed by atoms with Crippen molar-refractivity contribution in [3.8, 4) is 5.75 Å². The van der Waals surface area contributed by atoms with Crippen LogP contribution >= 0.6 is 0 Å². The third-order valence-corrected chi connectivity index (χ3v) is 4.33. The molecule has 1 amide bonds. The molecule has 0 aliphatic carbocycles. The maximum absolute atomic E-state index is 13.6. The van der Waals surface area contributed by atoms with Gasteiger partial charge in [0.05, 0.1) is 12.8 Å². The number of hydrogen-bond donors (Lipinski definition) is 1. The Balaban J connectivity index is 1.61. The molecule has 0 radical (unpaired) electrons. The fourth-order valence-corrected chi connectivity index (χ4v) is 2.73. The van der Waals surface area contributed by atoms with Gasteiger partial charge in [-0.2, -0.15) is 0 Å². The Morgan fingerprint density at radius 2 is 1.73 bits per heavy atom. The lowest BCUT2D eigenvalue weighted by molar-refractivity contribution is -0.148. The highest BCUT2D eigenvalue weighted by atomic mass is 19.1. The molecule has 3 rings (SSSR count). The highest BCUT2D eigenvalue weighted by Gasteiger charge is 2.18. The maximum atomic E-state index is 13.6. The van der Waals surface area contributed by atoms with E-state index in [-0.39, 0.29) is 5.69 Å². The first-order valence-electron chi connectivity index (χ1n) is 9.08. The number of esters is 1. The number of ether oxygens (including phenoxy) is 2. The average molecular weight is 411 g/mol. The Kier molecular flexibility index (Phi) is 6.41. The number of nitrogens with one attached hydrogen (secondary N) is 1. The average Bonchev–Trinajstić information content (AvgIpc) is 2.74. The van der Waals surface area contributed by atoms with Crippen LogP contribution in [0.4, 0.5) is 14.5 Å². The minimum absolute atomic E-state index is 0.328. The summed E-state index contributed by atoms with van der Waals surface area (Å²) in [4.78, 5) is 24.1. The Morgan fingerprint density at radius 3 is 2.50 bits per heavy atom. The van der Waals surface area contributed by atoms with Gasteiger partial charge in [0, 0.05) is 12.1 Å². The van der Waals surface area contributed by atoms with Crippen molar-refractivity contribution < 1.29 is 27.8 Å². The van der Waals surface area contributed by atoms with Crippen LogP contribution in [0.3, 0.4) is 0 Å². The van der Waals surface area contributed by atoms with Crippen LogP contribution in [0, 0.1) is 11.6 Å². The normalized spacial score (nSPS) is 12.0. The predicted octanol–water partition coefficient (Wildman–Crippen LogP) is 4.71. The van der Waals surface area contributed by atoms with E-state index in [4.69, 9.17) is 9.47 Å². The molecular weight excluding hydrogens is 392 g/mol. The number of carbonyl (C=O) groups is 2. The van der Waals surface area contributed by atoms with Crippen LogP contribution in [0.5, 0.6) is 5.75 Å². The molecule has 3 aromatic carbocycles. The van der Waals surface area contributed by atoms with Gasteiger partial charge in [0.2, 0.25) is 0 Å². The van der Waals surface area contributed by atoms with Gasteiger partial charge in [-0.15, -0.1) is 0 Å². The number of hydrogen-bond acceptors (Lipinski definition) is 4. The summed E-state index contributed by atoms with van der Waals surface area (Å²) in [5.41, 5.74) is 0.440. The molecule has 0 saturated heterocycles. The molecule has 0 bridgehead atoms. The molecule has 1 N–H and O–H groups in total. The first kappa shape index (κ1) is 21.0. The van der Waals surface area contributed by atoms with Crippen molar-refractivity contribution in [1.82, 2.24) is 0 Å². The van der Waals surface area contributed by atoms with Gasteiger partial charge in [0.15, 0.2) is 6.10 Å². The van der Waals surface area contributed by atoms with Crippen LogP contribution in [0.25, 0.3) is 16.8 Å². The largest absolute Gasteiger partial charge is 0.497 e. The SMILES string of the molecule is COc1ccc2cc(/C=C/C(=O)O[C@H](C)C(=O)Nc3cc(F)ccc3F)ccc2c1. The van der Waals surface area contributed by atoms with Crippen LogP contribution in [0.15, 0.2) is 60.7 Å². The summed E-state index contributed by atoms with van der Waals surface area (Å²) in [6.07, 6.45) is 1.55. The second-order valence-corrected chi connectivity index (χ2v) is 6.50. The Labute approximate surface area is 171 Å². The van der Waals surface area contributed by atoms with Gasteiger partial charge in [-0.1, -0.05) is 18.2 Å². The van der Waals surface area contributed by atoms with Crippen LogP contribution < -0.4 is 10.1 Å². The van der Waals surface area contributed by atoms with Gasteiger partial charge < -0.3 is 14.8 Å². The van der Waals surface area contributed by atoms with E-state index < -0.39 is 29.6 Å². The van der Waals surface area contributed by atoms with E-state index in [9.17, 15) is 18.4 Å². The van der Waals surface area contributed by atoms with Crippen molar-refractivity contribution in [2.24, 2.45) is 0 Å². The van der Waals surface area contributed by atoms with Crippen LogP contribution in [0.2, 0.25) is 0 Å². The van der Waals surface area contributed by atoms with E-state index in [1.807, 2.05) is 36.4 Å². The van der Waals surface area contributed by atoms with Crippen molar-refractivity contribution in [3.05, 3.63) is 77.9 Å². The van der Waals surface area contributed by atoms with Gasteiger partial charge >= 0.3 is 5.97 Å². The van der Waals surface area contributed by atoms with Gasteiger partial charge in [0.1, 0.15) is 17.4 Å². The quantitative estimate of drug-likeness (QED) is 0.471. The fraction of sp³-hybridized carbons (Fsp3) is 0.130. The highest BCUT2D eigenvalue weighted by molar-refractivity contribution is 5.97. The van der Waals surface area contributed by atoms with E-state index in [0.717, 1.165) is 40.3 Å². The monoisotopic (exact) mass is 411 g/mol. The summed E-state index contributed by atoms with van der Waals surface area (Å²) in [6.45, 7) is 1.34. The summed E-state index contributed by atoms with van der Waals surface area (Å²) in [5, 5.41) is 4.15. The molecule has 0 fully saturated rings. The van der Waals surface area contributed by atoms with Gasteiger partial charge in [-0.3, -0.25) is 4.79 Å². The number of methoxy groups -OCH3 is 1. The fourth-order valence-electron chi connectivity index (χ4n) is 2.73. The third kappa shape index (κ3) is 5.20. The summed E-state index contributed by atoms with van der Waals surface area (Å²) in [6, 6.07) is 13.9. The molecule has 0 heterocycles. The van der Waals surface area contributed by atoms with E-state index in [0.29, 0.717) is 0 Å². The molecule has 0 aromatic heterocycles. The number of benzene rings is 3. The smallest absolute Gasteiger partial charge is 0.331 e. The molecule has 5 nitrogen and oxygen atoms in total. The zero-order valence-corrected chi connectivity index (χ0v) is 16.3. The lowest BCUT2D eigenvalue weighted by atomic mass is 10.1. The molecule has 1 atom stereocenters. The topological polar surface area (TPSA) is 64.6 Å². The van der Waals surface area contributed by atoms with Gasteiger partial charge in [0.25, 0.3) is 5.91 Å². The summed E-state index contributed by atoms with van der Waals surface area (Å²) in [5.74, 6) is -2.27. The molecule has 154 valence electrons. The molecule has 3 aromatic rings. The zero-order chi connectivity index (χ0) is 21.7. The minimum Gasteiger partial charge on any atom is -0.497 e. The van der Waals surface area contributed by atoms with Crippen molar-refractivity contribution in [3.63, 3.8) is 0 Å². The molecule has 30 heavy (non-hydrogen) atoms. The van der Waals surface area contributed by atoms with Crippen molar-refractivity contribution in [2.45, 2.75) is 13.0 Å². The summed E-state index contributed by atoms with van der Waals surface area (Å²) in [7, 11) is 1.60. The first-order valence-corrected chi connectivity index (χ1v) is 9.08. The molecule has 0 aliphatic rings. The van der Waals surface area contributed by atoms with E-state index in [1.165, 1.54) is 13.0 Å². The lowest BCUT2D eigenvalue weighted by Crippen LogP contribution is -2.29. The predicted molar refractivity (Wildman–Crippen MR) is 110 cm³/mol. The maximum Gasteiger partial charge on any atom is 0.331 e. The third-order valence-electron chi connectivity index (χ3n) is 4.33. The summed E-state index contributed by atoms with van der Waals surface area (Å²) < 4.78 is 37.0. The number of rotatable bonds is 6. The minimum atomic E-state index is -1.20.